The Hall–Kier alpha value is -3.11. The Morgan fingerprint density at radius 3 is 2.64 bits per heavy atom. The number of aromatic nitrogens is 3. The first-order valence-electron chi connectivity index (χ1n) is 8.70. The average molecular weight is 394 g/mol. The number of halogens is 1. The maximum absolute atomic E-state index is 14.4. The van der Waals surface area contributed by atoms with Gasteiger partial charge in [0.1, 0.15) is 5.82 Å². The average Bonchev–Trinajstić information content (AvgIpc) is 3.09. The molecule has 0 spiro atoms. The number of hydrogen-bond acceptors (Lipinski definition) is 4. The molecular weight excluding hydrogens is 375 g/mol. The van der Waals surface area contributed by atoms with Crippen molar-refractivity contribution in [2.45, 2.75) is 23.9 Å². The van der Waals surface area contributed by atoms with Crippen molar-refractivity contribution in [2.75, 3.05) is 6.54 Å². The molecule has 0 aliphatic heterocycles. The highest BCUT2D eigenvalue weighted by molar-refractivity contribution is 8.00. The summed E-state index contributed by atoms with van der Waals surface area (Å²) in [4.78, 5) is 12.2. The highest BCUT2D eigenvalue weighted by Gasteiger charge is 2.22. The molecule has 5 nitrogen and oxygen atoms in total. The van der Waals surface area contributed by atoms with Crippen LogP contribution in [0.5, 0.6) is 0 Å². The third kappa shape index (κ3) is 4.59. The highest BCUT2D eigenvalue weighted by atomic mass is 32.2. The van der Waals surface area contributed by atoms with Gasteiger partial charge in [0, 0.05) is 0 Å². The zero-order valence-corrected chi connectivity index (χ0v) is 16.1. The molecule has 28 heavy (non-hydrogen) atoms. The fourth-order valence-corrected chi connectivity index (χ4v) is 3.49. The molecule has 0 radical (unpaired) electrons. The molecule has 1 atom stereocenters. The molecule has 2 aromatic carbocycles. The zero-order valence-electron chi connectivity index (χ0n) is 15.3. The Bertz CT molecular complexity index is 997. The standard InChI is InChI=1S/C21H19FN4OS/c1-3-13-23-20(27)15(2)28-21-25-24-19(17-11-7-8-12-18(17)22)26(21)14-16-9-5-4-6-10-16/h1,4-12,15H,13-14H2,2H3,(H,23,27). The number of hydrogen-bond donors (Lipinski definition) is 1. The van der Waals surface area contributed by atoms with Crippen molar-refractivity contribution in [1.82, 2.24) is 20.1 Å². The van der Waals surface area contributed by atoms with Gasteiger partial charge in [-0.25, -0.2) is 4.39 Å². The smallest absolute Gasteiger partial charge is 0.234 e. The summed E-state index contributed by atoms with van der Waals surface area (Å²) in [5.41, 5.74) is 1.38. The minimum absolute atomic E-state index is 0.168. The van der Waals surface area contributed by atoms with E-state index >= 15 is 0 Å². The summed E-state index contributed by atoms with van der Waals surface area (Å²) in [6, 6.07) is 16.2. The molecule has 0 aliphatic carbocycles. The molecule has 142 valence electrons. The Kier molecular flexibility index (Phi) is 6.45. The van der Waals surface area contributed by atoms with Gasteiger partial charge in [-0.2, -0.15) is 0 Å². The Morgan fingerprint density at radius 2 is 1.93 bits per heavy atom. The number of benzene rings is 2. The quantitative estimate of drug-likeness (QED) is 0.493. The van der Waals surface area contributed by atoms with Crippen LogP contribution in [0.25, 0.3) is 11.4 Å². The SMILES string of the molecule is C#CCNC(=O)C(C)Sc1nnc(-c2ccccc2F)n1Cc1ccccc1. The van der Waals surface area contributed by atoms with Crippen LogP contribution >= 0.6 is 11.8 Å². The predicted molar refractivity (Wildman–Crippen MR) is 108 cm³/mol. The van der Waals surface area contributed by atoms with E-state index in [1.165, 1.54) is 17.8 Å². The molecule has 0 saturated carbocycles. The van der Waals surface area contributed by atoms with Gasteiger partial charge >= 0.3 is 0 Å². The summed E-state index contributed by atoms with van der Waals surface area (Å²) in [5.74, 6) is 2.23. The number of terminal acetylenes is 1. The van der Waals surface area contributed by atoms with Crippen molar-refractivity contribution >= 4 is 17.7 Å². The summed E-state index contributed by atoms with van der Waals surface area (Å²) in [6.07, 6.45) is 5.19. The van der Waals surface area contributed by atoms with E-state index < -0.39 is 5.25 Å². The van der Waals surface area contributed by atoms with Gasteiger partial charge in [0.15, 0.2) is 11.0 Å². The molecule has 3 rings (SSSR count). The van der Waals surface area contributed by atoms with Crippen LogP contribution in [-0.4, -0.2) is 32.5 Å². The predicted octanol–water partition coefficient (Wildman–Crippen LogP) is 3.36. The molecule has 1 heterocycles. The normalized spacial score (nSPS) is 11.6. The monoisotopic (exact) mass is 394 g/mol. The van der Waals surface area contributed by atoms with Crippen LogP contribution in [0.3, 0.4) is 0 Å². The van der Waals surface area contributed by atoms with E-state index in [2.05, 4.69) is 21.4 Å². The van der Waals surface area contributed by atoms with E-state index in [0.717, 1.165) is 5.56 Å². The van der Waals surface area contributed by atoms with E-state index in [1.54, 1.807) is 25.1 Å². The summed E-state index contributed by atoms with van der Waals surface area (Å²) < 4.78 is 16.2. The zero-order chi connectivity index (χ0) is 19.9. The summed E-state index contributed by atoms with van der Waals surface area (Å²) in [5, 5.41) is 11.2. The summed E-state index contributed by atoms with van der Waals surface area (Å²) in [7, 11) is 0. The third-order valence-electron chi connectivity index (χ3n) is 4.03. The summed E-state index contributed by atoms with van der Waals surface area (Å²) in [6.45, 7) is 2.39. The molecule has 1 unspecified atom stereocenters. The van der Waals surface area contributed by atoms with E-state index in [1.807, 2.05) is 34.9 Å². The van der Waals surface area contributed by atoms with Crippen LogP contribution < -0.4 is 5.32 Å². The number of thioether (sulfide) groups is 1. The minimum atomic E-state index is -0.430. The van der Waals surface area contributed by atoms with Crippen LogP contribution in [0.2, 0.25) is 0 Å². The lowest BCUT2D eigenvalue weighted by atomic mass is 10.2. The number of carbonyl (C=O) groups excluding carboxylic acids is 1. The molecular formula is C21H19FN4OS. The Labute approximate surface area is 167 Å². The van der Waals surface area contributed by atoms with Crippen molar-refractivity contribution in [2.24, 2.45) is 0 Å². The first-order valence-corrected chi connectivity index (χ1v) is 9.58. The van der Waals surface area contributed by atoms with E-state index in [4.69, 9.17) is 6.42 Å². The Balaban J connectivity index is 1.95. The largest absolute Gasteiger partial charge is 0.344 e. The van der Waals surface area contributed by atoms with Crippen LogP contribution in [-0.2, 0) is 11.3 Å². The van der Waals surface area contributed by atoms with Gasteiger partial charge in [-0.1, -0.05) is 60.1 Å². The van der Waals surface area contributed by atoms with Gasteiger partial charge in [-0.05, 0) is 24.6 Å². The number of amides is 1. The molecule has 0 bridgehead atoms. The maximum atomic E-state index is 14.4. The molecule has 0 fully saturated rings. The van der Waals surface area contributed by atoms with E-state index in [-0.39, 0.29) is 18.3 Å². The Morgan fingerprint density at radius 1 is 1.21 bits per heavy atom. The van der Waals surface area contributed by atoms with Crippen LogP contribution in [0.4, 0.5) is 4.39 Å². The van der Waals surface area contributed by atoms with Crippen molar-refractivity contribution < 1.29 is 9.18 Å². The van der Waals surface area contributed by atoms with Gasteiger partial charge in [-0.15, -0.1) is 16.6 Å². The lowest BCUT2D eigenvalue weighted by Crippen LogP contribution is -2.31. The van der Waals surface area contributed by atoms with Gasteiger partial charge in [0.25, 0.3) is 0 Å². The van der Waals surface area contributed by atoms with Crippen LogP contribution in [0, 0.1) is 18.2 Å². The minimum Gasteiger partial charge on any atom is -0.344 e. The van der Waals surface area contributed by atoms with Crippen molar-refractivity contribution in [3.63, 3.8) is 0 Å². The number of rotatable bonds is 7. The molecule has 0 aliphatic rings. The van der Waals surface area contributed by atoms with Gasteiger partial charge in [-0.3, -0.25) is 9.36 Å². The first-order chi connectivity index (χ1) is 13.6. The molecule has 0 saturated heterocycles. The van der Waals surface area contributed by atoms with Crippen LogP contribution in [0.1, 0.15) is 12.5 Å². The molecule has 3 aromatic rings. The fourth-order valence-electron chi connectivity index (χ4n) is 2.62. The third-order valence-corrected chi connectivity index (χ3v) is 5.11. The number of nitrogens with zero attached hydrogens (tertiary/aromatic N) is 3. The topological polar surface area (TPSA) is 59.8 Å². The van der Waals surface area contributed by atoms with Crippen LogP contribution in [0.15, 0.2) is 59.8 Å². The number of carbonyl (C=O) groups is 1. The second-order valence-electron chi connectivity index (χ2n) is 6.04. The van der Waals surface area contributed by atoms with Gasteiger partial charge in [0.2, 0.25) is 5.91 Å². The van der Waals surface area contributed by atoms with Gasteiger partial charge in [0.05, 0.1) is 23.9 Å². The highest BCUT2D eigenvalue weighted by Crippen LogP contribution is 2.29. The van der Waals surface area contributed by atoms with Crippen molar-refractivity contribution in [3.05, 3.63) is 66.0 Å². The molecule has 7 heteroatoms. The van der Waals surface area contributed by atoms with E-state index in [0.29, 0.717) is 23.1 Å². The summed E-state index contributed by atoms with van der Waals surface area (Å²) >= 11 is 1.26. The van der Waals surface area contributed by atoms with Gasteiger partial charge < -0.3 is 5.32 Å². The lowest BCUT2D eigenvalue weighted by Gasteiger charge is -2.13. The number of nitrogens with one attached hydrogen (secondary N) is 1. The first kappa shape index (κ1) is 19.6. The van der Waals surface area contributed by atoms with Crippen molar-refractivity contribution in [1.29, 1.82) is 0 Å². The molecule has 1 N–H and O–H groups in total. The van der Waals surface area contributed by atoms with E-state index in [9.17, 15) is 9.18 Å². The second-order valence-corrected chi connectivity index (χ2v) is 7.35. The van der Waals surface area contributed by atoms with Crippen molar-refractivity contribution in [3.8, 4) is 23.7 Å². The second kappa shape index (κ2) is 9.20. The maximum Gasteiger partial charge on any atom is 0.234 e. The fraction of sp³-hybridized carbons (Fsp3) is 0.190. The lowest BCUT2D eigenvalue weighted by molar-refractivity contribution is -0.120. The molecule has 1 aromatic heterocycles. The molecule has 1 amide bonds.